The fraction of sp³-hybridized carbons (Fsp3) is 0.263. The zero-order valence-corrected chi connectivity index (χ0v) is 13.4. The molecule has 0 aliphatic heterocycles. The first-order valence-corrected chi connectivity index (χ1v) is 7.85. The van der Waals surface area contributed by atoms with E-state index in [0.29, 0.717) is 6.42 Å². The molecule has 2 rings (SSSR count). The molecule has 120 valence electrons. The van der Waals surface area contributed by atoms with Crippen molar-refractivity contribution < 1.29 is 4.79 Å². The van der Waals surface area contributed by atoms with Gasteiger partial charge in [-0.25, -0.2) is 0 Å². The predicted molar refractivity (Wildman–Crippen MR) is 94.8 cm³/mol. The highest BCUT2D eigenvalue weighted by molar-refractivity contribution is 5.94. The number of hydrogen-bond donors (Lipinski definition) is 3. The van der Waals surface area contributed by atoms with Gasteiger partial charge in [-0.15, -0.1) is 0 Å². The van der Waals surface area contributed by atoms with E-state index in [2.05, 4.69) is 5.32 Å². The summed E-state index contributed by atoms with van der Waals surface area (Å²) in [7, 11) is 0. The normalized spacial score (nSPS) is 10.3. The van der Waals surface area contributed by atoms with Crippen molar-refractivity contribution in [3.63, 3.8) is 0 Å². The third-order valence-electron chi connectivity index (χ3n) is 3.80. The second-order valence-electron chi connectivity index (χ2n) is 5.68. The van der Waals surface area contributed by atoms with E-state index < -0.39 is 0 Å². The highest BCUT2D eigenvalue weighted by Crippen LogP contribution is 2.14. The smallest absolute Gasteiger partial charge is 0.224 e. The summed E-state index contributed by atoms with van der Waals surface area (Å²) in [6.07, 6.45) is 3.27. The average molecular weight is 309 g/mol. The second kappa shape index (κ2) is 8.13. The van der Waals surface area contributed by atoms with Crippen LogP contribution in [0.25, 0.3) is 0 Å². The van der Waals surface area contributed by atoms with Gasteiger partial charge < -0.3 is 11.1 Å². The summed E-state index contributed by atoms with van der Waals surface area (Å²) in [6.45, 7) is 1.99. The summed E-state index contributed by atoms with van der Waals surface area (Å²) in [4.78, 5) is 11.9. The molecule has 2 aromatic carbocycles. The largest absolute Gasteiger partial charge is 0.384 e. The molecule has 0 bridgehead atoms. The molecular formula is C19H23N3O. The van der Waals surface area contributed by atoms with Crippen molar-refractivity contribution in [1.82, 2.24) is 0 Å². The van der Waals surface area contributed by atoms with E-state index in [1.54, 1.807) is 0 Å². The van der Waals surface area contributed by atoms with Crippen molar-refractivity contribution in [2.45, 2.75) is 32.6 Å². The Morgan fingerprint density at radius 3 is 2.43 bits per heavy atom. The van der Waals surface area contributed by atoms with Gasteiger partial charge in [-0.3, -0.25) is 10.2 Å². The molecule has 4 nitrogen and oxygen atoms in total. The predicted octanol–water partition coefficient (Wildman–Crippen LogP) is 3.63. The summed E-state index contributed by atoms with van der Waals surface area (Å²) in [5.41, 5.74) is 9.34. The van der Waals surface area contributed by atoms with Crippen molar-refractivity contribution in [1.29, 1.82) is 5.41 Å². The maximum absolute atomic E-state index is 11.9. The highest BCUT2D eigenvalue weighted by Gasteiger charge is 2.04. The maximum Gasteiger partial charge on any atom is 0.224 e. The van der Waals surface area contributed by atoms with Gasteiger partial charge in [0.1, 0.15) is 5.84 Å². The lowest BCUT2D eigenvalue weighted by Crippen LogP contribution is -2.12. The van der Waals surface area contributed by atoms with Gasteiger partial charge in [0.2, 0.25) is 5.91 Å². The number of anilines is 1. The van der Waals surface area contributed by atoms with Gasteiger partial charge in [0.25, 0.3) is 0 Å². The number of nitrogens with one attached hydrogen (secondary N) is 2. The standard InChI is InChI=1S/C19H23N3O/c1-14-6-2-4-8-17(14)22-18(23)9-5-3-7-15-10-12-16(13-11-15)19(20)21/h2,4,6,8,10-13H,3,5,7,9H2,1H3,(H3,20,21)(H,22,23). The van der Waals surface area contributed by atoms with Gasteiger partial charge in [0, 0.05) is 17.7 Å². The number of carbonyl (C=O) groups excluding carboxylic acids is 1. The molecule has 0 fully saturated rings. The number of hydrogen-bond acceptors (Lipinski definition) is 2. The molecular weight excluding hydrogens is 286 g/mol. The van der Waals surface area contributed by atoms with Crippen molar-refractivity contribution in [2.24, 2.45) is 5.73 Å². The lowest BCUT2D eigenvalue weighted by atomic mass is 10.0. The first kappa shape index (κ1) is 16.7. The molecule has 0 aliphatic carbocycles. The van der Waals surface area contributed by atoms with Gasteiger partial charge in [0.05, 0.1) is 0 Å². The SMILES string of the molecule is Cc1ccccc1NC(=O)CCCCc1ccc(C(=N)N)cc1. The fourth-order valence-electron chi connectivity index (χ4n) is 2.39. The van der Waals surface area contributed by atoms with Crippen molar-refractivity contribution in [2.75, 3.05) is 5.32 Å². The first-order valence-electron chi connectivity index (χ1n) is 7.85. The molecule has 0 aromatic heterocycles. The minimum atomic E-state index is 0.0613. The van der Waals surface area contributed by atoms with Crippen LogP contribution in [0.1, 0.15) is 36.0 Å². The fourth-order valence-corrected chi connectivity index (χ4v) is 2.39. The van der Waals surface area contributed by atoms with Crippen LogP contribution < -0.4 is 11.1 Å². The van der Waals surface area contributed by atoms with Gasteiger partial charge >= 0.3 is 0 Å². The van der Waals surface area contributed by atoms with Crippen LogP contribution in [0.4, 0.5) is 5.69 Å². The first-order chi connectivity index (χ1) is 11.1. The minimum absolute atomic E-state index is 0.0613. The van der Waals surface area contributed by atoms with E-state index in [1.807, 2.05) is 55.5 Å². The monoisotopic (exact) mass is 309 g/mol. The van der Waals surface area contributed by atoms with Gasteiger partial charge in [-0.1, -0.05) is 42.5 Å². The molecule has 0 saturated heterocycles. The maximum atomic E-state index is 11.9. The van der Waals surface area contributed by atoms with Crippen LogP contribution in [0, 0.1) is 12.3 Å². The third kappa shape index (κ3) is 5.25. The number of rotatable bonds is 7. The number of nitrogens with two attached hydrogens (primary N) is 1. The van der Waals surface area contributed by atoms with Crippen LogP contribution in [-0.2, 0) is 11.2 Å². The van der Waals surface area contributed by atoms with Gasteiger partial charge in [-0.2, -0.15) is 0 Å². The molecule has 0 spiro atoms. The molecule has 0 radical (unpaired) electrons. The Labute approximate surface area is 137 Å². The van der Waals surface area contributed by atoms with E-state index in [1.165, 1.54) is 5.56 Å². The van der Waals surface area contributed by atoms with Crippen LogP contribution in [0.5, 0.6) is 0 Å². The van der Waals surface area contributed by atoms with Gasteiger partial charge in [-0.05, 0) is 43.4 Å². The van der Waals surface area contributed by atoms with Crippen molar-refractivity contribution in [3.05, 3.63) is 65.2 Å². The number of unbranched alkanes of at least 4 members (excludes halogenated alkanes) is 1. The van der Waals surface area contributed by atoms with E-state index in [9.17, 15) is 4.79 Å². The van der Waals surface area contributed by atoms with Gasteiger partial charge in [0.15, 0.2) is 0 Å². The Hall–Kier alpha value is -2.62. The van der Waals surface area contributed by atoms with E-state index in [-0.39, 0.29) is 11.7 Å². The Morgan fingerprint density at radius 1 is 1.09 bits per heavy atom. The van der Waals surface area contributed by atoms with Crippen molar-refractivity contribution in [3.8, 4) is 0 Å². The Kier molecular flexibility index (Phi) is 5.92. The number of para-hydroxylation sites is 1. The Balaban J connectivity index is 1.71. The van der Waals surface area contributed by atoms with E-state index in [0.717, 1.165) is 36.1 Å². The summed E-state index contributed by atoms with van der Waals surface area (Å²) < 4.78 is 0. The summed E-state index contributed by atoms with van der Waals surface area (Å²) >= 11 is 0. The molecule has 2 aromatic rings. The number of aryl methyl sites for hydroxylation is 2. The third-order valence-corrected chi connectivity index (χ3v) is 3.80. The quantitative estimate of drug-likeness (QED) is 0.415. The molecule has 0 aliphatic rings. The number of benzene rings is 2. The molecule has 0 atom stereocenters. The van der Waals surface area contributed by atoms with E-state index in [4.69, 9.17) is 11.1 Å². The summed E-state index contributed by atoms with van der Waals surface area (Å²) in [5.74, 6) is 0.149. The minimum Gasteiger partial charge on any atom is -0.384 e. The zero-order chi connectivity index (χ0) is 16.7. The molecule has 0 heterocycles. The Bertz CT molecular complexity index is 677. The van der Waals surface area contributed by atoms with Crippen LogP contribution in [0.2, 0.25) is 0 Å². The molecule has 0 unspecified atom stereocenters. The second-order valence-corrected chi connectivity index (χ2v) is 5.68. The Morgan fingerprint density at radius 2 is 1.78 bits per heavy atom. The highest BCUT2D eigenvalue weighted by atomic mass is 16.1. The van der Waals surface area contributed by atoms with Crippen molar-refractivity contribution >= 4 is 17.4 Å². The van der Waals surface area contributed by atoms with Crippen LogP contribution in [0.15, 0.2) is 48.5 Å². The van der Waals surface area contributed by atoms with Crippen LogP contribution in [-0.4, -0.2) is 11.7 Å². The lowest BCUT2D eigenvalue weighted by Gasteiger charge is -2.08. The molecule has 4 N–H and O–H groups in total. The van der Waals surface area contributed by atoms with Crippen LogP contribution >= 0.6 is 0 Å². The molecule has 1 amide bonds. The average Bonchev–Trinajstić information content (AvgIpc) is 2.54. The topological polar surface area (TPSA) is 79.0 Å². The van der Waals surface area contributed by atoms with E-state index >= 15 is 0 Å². The number of amides is 1. The molecule has 23 heavy (non-hydrogen) atoms. The van der Waals surface area contributed by atoms with Crippen LogP contribution in [0.3, 0.4) is 0 Å². The molecule has 0 saturated carbocycles. The lowest BCUT2D eigenvalue weighted by molar-refractivity contribution is -0.116. The number of carbonyl (C=O) groups is 1. The number of amidine groups is 1. The number of nitrogen functional groups attached to an aromatic ring is 1. The summed E-state index contributed by atoms with van der Waals surface area (Å²) in [6, 6.07) is 15.5. The summed E-state index contributed by atoms with van der Waals surface area (Å²) in [5, 5.41) is 10.3. The zero-order valence-electron chi connectivity index (χ0n) is 13.4. The molecule has 4 heteroatoms.